The van der Waals surface area contributed by atoms with E-state index in [1.54, 1.807) is 6.08 Å². The number of benzene rings is 3. The lowest BCUT2D eigenvalue weighted by molar-refractivity contribution is -0.387. The van der Waals surface area contributed by atoms with E-state index >= 15 is 0 Å². The molecule has 0 atom stereocenters. The van der Waals surface area contributed by atoms with Crippen LogP contribution in [0.2, 0.25) is 0 Å². The molecule has 4 rings (SSSR count). The predicted octanol–water partition coefficient (Wildman–Crippen LogP) is 4.26. The molecule has 1 fully saturated rings. The van der Waals surface area contributed by atoms with Gasteiger partial charge in [0.1, 0.15) is 0 Å². The minimum absolute atomic E-state index is 0.0584. The molecule has 12 heteroatoms. The number of amidine groups is 1. The molecule has 0 aromatic heterocycles. The molecule has 1 N–H and O–H groups in total. The zero-order chi connectivity index (χ0) is 25.0. The molecule has 1 saturated heterocycles. The first-order valence-electron chi connectivity index (χ1n) is 9.97. The fraction of sp³-hybridized carbons (Fsp3) is 0.0435. The second kappa shape index (κ2) is 9.99. The van der Waals surface area contributed by atoms with E-state index in [9.17, 15) is 23.3 Å². The first-order chi connectivity index (χ1) is 16.8. The van der Waals surface area contributed by atoms with Gasteiger partial charge in [0, 0.05) is 6.07 Å². The second-order valence-corrected chi connectivity index (χ2v) is 9.54. The number of carbonyl (C=O) groups is 1. The molecule has 178 valence electrons. The summed E-state index contributed by atoms with van der Waals surface area (Å²) in [7, 11) is -3.21. The fourth-order valence-corrected chi connectivity index (χ4v) is 5.03. The van der Waals surface area contributed by atoms with Crippen LogP contribution in [-0.2, 0) is 14.9 Å². The van der Waals surface area contributed by atoms with Gasteiger partial charge in [-0.25, -0.2) is 4.99 Å². The molecule has 3 aromatic rings. The van der Waals surface area contributed by atoms with Gasteiger partial charge in [0.15, 0.2) is 21.6 Å². The Balaban J connectivity index is 1.59. The highest BCUT2D eigenvalue weighted by Crippen LogP contribution is 2.35. The first-order valence-corrected chi connectivity index (χ1v) is 12.2. The summed E-state index contributed by atoms with van der Waals surface area (Å²) in [4.78, 5) is 27.0. The van der Waals surface area contributed by atoms with Crippen molar-refractivity contribution in [2.75, 3.05) is 7.11 Å². The Kier molecular flexibility index (Phi) is 6.85. The monoisotopic (exact) mass is 511 g/mol. The Morgan fingerprint density at radius 3 is 2.46 bits per heavy atom. The molecule has 1 heterocycles. The van der Waals surface area contributed by atoms with Crippen LogP contribution < -0.4 is 14.2 Å². The van der Waals surface area contributed by atoms with Crippen LogP contribution in [0.3, 0.4) is 0 Å². The average molecular weight is 512 g/mol. The van der Waals surface area contributed by atoms with Gasteiger partial charge in [0.25, 0.3) is 11.6 Å². The molecular formula is C23H17N3O7S2. The summed E-state index contributed by atoms with van der Waals surface area (Å²) >= 11 is 1.16. The van der Waals surface area contributed by atoms with E-state index in [1.165, 1.54) is 37.4 Å². The molecule has 0 bridgehead atoms. The van der Waals surface area contributed by atoms with Gasteiger partial charge in [-0.05, 0) is 53.7 Å². The molecule has 10 nitrogen and oxygen atoms in total. The molecule has 0 radical (unpaired) electrons. The summed E-state index contributed by atoms with van der Waals surface area (Å²) in [5.41, 5.74) is 0.626. The maximum Gasteiger partial charge on any atom is 0.346 e. The highest BCUT2D eigenvalue weighted by molar-refractivity contribution is 8.18. The summed E-state index contributed by atoms with van der Waals surface area (Å²) in [5.74, 6) is -0.436. The van der Waals surface area contributed by atoms with Crippen molar-refractivity contribution in [3.05, 3.63) is 93.4 Å². The normalized spacial score (nSPS) is 15.7. The second-order valence-electron chi connectivity index (χ2n) is 6.99. The van der Waals surface area contributed by atoms with Gasteiger partial charge in [-0.1, -0.05) is 36.4 Å². The number of nitrogens with zero attached hydrogens (tertiary/aromatic N) is 2. The predicted molar refractivity (Wildman–Crippen MR) is 131 cm³/mol. The zero-order valence-corrected chi connectivity index (χ0v) is 19.7. The van der Waals surface area contributed by atoms with Crippen molar-refractivity contribution in [1.82, 2.24) is 5.32 Å². The van der Waals surface area contributed by atoms with Gasteiger partial charge >= 0.3 is 10.1 Å². The van der Waals surface area contributed by atoms with Gasteiger partial charge < -0.3 is 14.2 Å². The lowest BCUT2D eigenvalue weighted by Crippen LogP contribution is -2.19. The van der Waals surface area contributed by atoms with Crippen LogP contribution in [0.4, 0.5) is 11.4 Å². The Morgan fingerprint density at radius 2 is 1.74 bits per heavy atom. The lowest BCUT2D eigenvalue weighted by Gasteiger charge is -2.11. The van der Waals surface area contributed by atoms with E-state index < -0.39 is 25.6 Å². The number of carbonyl (C=O) groups excluding carboxylic acids is 1. The number of ether oxygens (including phenoxy) is 1. The Bertz CT molecular complexity index is 1470. The molecule has 1 amide bonds. The molecule has 35 heavy (non-hydrogen) atoms. The van der Waals surface area contributed by atoms with Gasteiger partial charge in [-0.2, -0.15) is 8.42 Å². The van der Waals surface area contributed by atoms with Crippen LogP contribution >= 0.6 is 11.8 Å². The third kappa shape index (κ3) is 5.50. The van der Waals surface area contributed by atoms with E-state index in [0.29, 0.717) is 21.3 Å². The van der Waals surface area contributed by atoms with Gasteiger partial charge in [0.05, 0.1) is 22.6 Å². The highest BCUT2D eigenvalue weighted by Gasteiger charge is 2.28. The summed E-state index contributed by atoms with van der Waals surface area (Å²) in [6.07, 6.45) is 1.59. The smallest absolute Gasteiger partial charge is 0.346 e. The van der Waals surface area contributed by atoms with Crippen LogP contribution in [0.25, 0.3) is 6.08 Å². The number of hydrogen-bond acceptors (Lipinski definition) is 9. The van der Waals surface area contributed by atoms with Crippen LogP contribution in [0.1, 0.15) is 5.56 Å². The lowest BCUT2D eigenvalue weighted by atomic mass is 10.2. The third-order valence-electron chi connectivity index (χ3n) is 4.65. The van der Waals surface area contributed by atoms with Crippen molar-refractivity contribution < 1.29 is 27.1 Å². The van der Waals surface area contributed by atoms with Crippen molar-refractivity contribution in [2.24, 2.45) is 4.99 Å². The third-order valence-corrected chi connectivity index (χ3v) is 6.85. The van der Waals surface area contributed by atoms with Crippen molar-refractivity contribution >= 4 is 50.4 Å². The van der Waals surface area contributed by atoms with E-state index in [0.717, 1.165) is 23.9 Å². The highest BCUT2D eigenvalue weighted by atomic mass is 32.2. The van der Waals surface area contributed by atoms with Crippen LogP contribution in [-0.4, -0.2) is 31.5 Å². The Morgan fingerprint density at radius 1 is 1.03 bits per heavy atom. The number of amides is 1. The fourth-order valence-electron chi connectivity index (χ4n) is 3.08. The number of nitro groups is 1. The van der Waals surface area contributed by atoms with Crippen LogP contribution in [0.15, 0.2) is 87.6 Å². The van der Waals surface area contributed by atoms with E-state index in [1.807, 2.05) is 30.3 Å². The van der Waals surface area contributed by atoms with Crippen molar-refractivity contribution in [2.45, 2.75) is 4.90 Å². The van der Waals surface area contributed by atoms with E-state index in [2.05, 4.69) is 10.3 Å². The number of para-hydroxylation sites is 2. The molecule has 1 aliphatic rings. The largest absolute Gasteiger partial charge is 0.493 e. The summed E-state index contributed by atoms with van der Waals surface area (Å²) < 4.78 is 35.9. The van der Waals surface area contributed by atoms with Crippen molar-refractivity contribution in [3.8, 4) is 11.5 Å². The minimum Gasteiger partial charge on any atom is -0.493 e. The average Bonchev–Trinajstić information content (AvgIpc) is 3.18. The summed E-state index contributed by atoms with van der Waals surface area (Å²) in [6, 6.07) is 18.4. The van der Waals surface area contributed by atoms with Crippen LogP contribution in [0, 0.1) is 10.1 Å². The van der Waals surface area contributed by atoms with E-state index in [4.69, 9.17) is 8.92 Å². The van der Waals surface area contributed by atoms with Crippen molar-refractivity contribution in [1.29, 1.82) is 0 Å². The summed E-state index contributed by atoms with van der Waals surface area (Å²) in [5, 5.41) is 14.3. The first kappa shape index (κ1) is 24.0. The molecular weight excluding hydrogens is 494 g/mol. The number of aliphatic imine (C=N–C) groups is 1. The molecule has 0 spiro atoms. The Labute approximate surface area is 204 Å². The zero-order valence-electron chi connectivity index (χ0n) is 18.1. The quantitative estimate of drug-likeness (QED) is 0.215. The number of rotatable bonds is 7. The topological polar surface area (TPSA) is 137 Å². The van der Waals surface area contributed by atoms with Gasteiger partial charge in [-0.15, -0.1) is 0 Å². The number of hydrogen-bond donors (Lipinski definition) is 1. The Hall–Kier alpha value is -4.16. The molecule has 3 aromatic carbocycles. The van der Waals surface area contributed by atoms with Gasteiger partial charge in [0.2, 0.25) is 0 Å². The molecule has 0 saturated carbocycles. The number of thioether (sulfide) groups is 1. The molecule has 0 aliphatic carbocycles. The standard InChI is InChI=1S/C23H17N3O7S2/c1-32-19-13-15(14-20-22(27)25-23(34-20)24-16-7-3-2-4-8-16)11-12-18(19)33-35(30,31)21-10-6-5-9-17(21)26(28)29/h2-14H,1H3,(H,24,25,27)/b20-14-. The van der Waals surface area contributed by atoms with E-state index in [-0.39, 0.29) is 17.4 Å². The van der Waals surface area contributed by atoms with Crippen molar-refractivity contribution in [3.63, 3.8) is 0 Å². The number of nitrogens with one attached hydrogen (secondary N) is 1. The number of nitro benzene ring substituents is 1. The maximum absolute atomic E-state index is 12.7. The summed E-state index contributed by atoms with van der Waals surface area (Å²) in [6.45, 7) is 0. The number of methoxy groups -OCH3 is 1. The molecule has 0 unspecified atom stereocenters. The molecule has 1 aliphatic heterocycles. The minimum atomic E-state index is -4.52. The van der Waals surface area contributed by atoms with Crippen LogP contribution in [0.5, 0.6) is 11.5 Å². The SMILES string of the molecule is COc1cc(/C=C2\SC(=Nc3ccccc3)NC2=O)ccc1OS(=O)(=O)c1ccccc1[N+](=O)[O-]. The maximum atomic E-state index is 12.7. The van der Waals surface area contributed by atoms with Gasteiger partial charge in [-0.3, -0.25) is 14.9 Å².